The summed E-state index contributed by atoms with van der Waals surface area (Å²) in [6.07, 6.45) is 3.46. The molecule has 1 aliphatic heterocycles. The van der Waals surface area contributed by atoms with Crippen molar-refractivity contribution in [3.05, 3.63) is 48.3 Å². The normalized spacial score (nSPS) is 15.2. The second kappa shape index (κ2) is 7.67. The van der Waals surface area contributed by atoms with E-state index in [1.807, 2.05) is 0 Å². The zero-order chi connectivity index (χ0) is 18.6. The van der Waals surface area contributed by atoms with Gasteiger partial charge in [0.2, 0.25) is 11.9 Å². The number of amides is 1. The fourth-order valence-electron chi connectivity index (χ4n) is 3.12. The van der Waals surface area contributed by atoms with Crippen molar-refractivity contribution in [3.8, 4) is 0 Å². The molecular weight excluding hydrogens is 349 g/mol. The molecular formula is C18H20FN7O. The minimum absolute atomic E-state index is 0.0638. The number of benzene rings is 1. The number of fused-ring (bicyclic) bond motifs is 1. The molecule has 2 N–H and O–H groups in total. The Hall–Kier alpha value is -3.07. The van der Waals surface area contributed by atoms with Crippen LogP contribution in [-0.2, 0) is 11.3 Å². The molecule has 3 aromatic rings. The summed E-state index contributed by atoms with van der Waals surface area (Å²) >= 11 is 0. The smallest absolute Gasteiger partial charge is 0.234 e. The number of piperazine rings is 1. The van der Waals surface area contributed by atoms with E-state index in [9.17, 15) is 9.18 Å². The lowest BCUT2D eigenvalue weighted by Gasteiger charge is -2.34. The Morgan fingerprint density at radius 2 is 1.96 bits per heavy atom. The molecule has 0 atom stereocenters. The molecule has 1 saturated heterocycles. The molecule has 1 amide bonds. The van der Waals surface area contributed by atoms with Gasteiger partial charge in [-0.15, -0.1) is 0 Å². The van der Waals surface area contributed by atoms with Crippen LogP contribution in [-0.4, -0.2) is 63.5 Å². The number of anilines is 1. The van der Waals surface area contributed by atoms with Crippen molar-refractivity contribution in [2.75, 3.05) is 37.6 Å². The summed E-state index contributed by atoms with van der Waals surface area (Å²) in [6.45, 7) is 3.73. The Kier molecular flexibility index (Phi) is 4.93. The molecule has 8 nitrogen and oxygen atoms in total. The summed E-state index contributed by atoms with van der Waals surface area (Å²) in [6, 6.07) is 6.17. The highest BCUT2D eigenvalue weighted by Gasteiger charge is 2.20. The zero-order valence-electron chi connectivity index (χ0n) is 14.7. The first-order valence-electron chi connectivity index (χ1n) is 8.82. The van der Waals surface area contributed by atoms with E-state index in [0.717, 1.165) is 32.1 Å². The predicted octanol–water partition coefficient (Wildman–Crippen LogP) is 0.930. The maximum Gasteiger partial charge on any atom is 0.234 e. The Morgan fingerprint density at radius 1 is 1.19 bits per heavy atom. The molecule has 1 aromatic carbocycles. The number of rotatable bonds is 5. The van der Waals surface area contributed by atoms with E-state index in [0.29, 0.717) is 23.4 Å². The molecule has 0 saturated carbocycles. The molecule has 9 heteroatoms. The third-order valence-corrected chi connectivity index (χ3v) is 4.52. The lowest BCUT2D eigenvalue weighted by Crippen LogP contribution is -2.49. The molecule has 0 unspecified atom stereocenters. The Bertz CT molecular complexity index is 922. The van der Waals surface area contributed by atoms with Crippen molar-refractivity contribution in [2.24, 2.45) is 0 Å². The minimum atomic E-state index is -0.318. The Morgan fingerprint density at radius 3 is 2.74 bits per heavy atom. The summed E-state index contributed by atoms with van der Waals surface area (Å²) in [4.78, 5) is 32.3. The molecule has 140 valence electrons. The number of hydrogen-bond acceptors (Lipinski definition) is 6. The lowest BCUT2D eigenvalue weighted by atomic mass is 10.3. The molecule has 0 bridgehead atoms. The number of imidazole rings is 1. The van der Waals surface area contributed by atoms with Crippen molar-refractivity contribution in [1.82, 2.24) is 30.2 Å². The SMILES string of the molecule is O=C(CN1CCN(c2ncccn2)CC1)NCc1nc2ccc(F)cc2[nH]1. The largest absolute Gasteiger partial charge is 0.348 e. The van der Waals surface area contributed by atoms with Crippen molar-refractivity contribution >= 4 is 22.9 Å². The van der Waals surface area contributed by atoms with Crippen LogP contribution in [0.15, 0.2) is 36.7 Å². The topological polar surface area (TPSA) is 90.0 Å². The highest BCUT2D eigenvalue weighted by molar-refractivity contribution is 5.78. The molecule has 0 aliphatic carbocycles. The monoisotopic (exact) mass is 369 g/mol. The van der Waals surface area contributed by atoms with E-state index in [-0.39, 0.29) is 18.3 Å². The van der Waals surface area contributed by atoms with E-state index >= 15 is 0 Å². The van der Waals surface area contributed by atoms with Gasteiger partial charge in [-0.05, 0) is 24.3 Å². The van der Waals surface area contributed by atoms with Crippen LogP contribution in [0.2, 0.25) is 0 Å². The predicted molar refractivity (Wildman–Crippen MR) is 98.6 cm³/mol. The highest BCUT2D eigenvalue weighted by Crippen LogP contribution is 2.13. The van der Waals surface area contributed by atoms with Gasteiger partial charge in [-0.1, -0.05) is 0 Å². The molecule has 2 aromatic heterocycles. The van der Waals surface area contributed by atoms with Gasteiger partial charge in [-0.2, -0.15) is 0 Å². The van der Waals surface area contributed by atoms with Crippen LogP contribution in [0.25, 0.3) is 11.0 Å². The number of carbonyl (C=O) groups is 1. The molecule has 27 heavy (non-hydrogen) atoms. The number of aromatic nitrogens is 4. The van der Waals surface area contributed by atoms with Crippen LogP contribution in [0.5, 0.6) is 0 Å². The number of carbonyl (C=O) groups excluding carboxylic acids is 1. The highest BCUT2D eigenvalue weighted by atomic mass is 19.1. The van der Waals surface area contributed by atoms with Gasteiger partial charge in [0.15, 0.2) is 0 Å². The van der Waals surface area contributed by atoms with Gasteiger partial charge in [-0.25, -0.2) is 19.3 Å². The molecule has 0 spiro atoms. The first kappa shape index (κ1) is 17.3. The third-order valence-electron chi connectivity index (χ3n) is 4.52. The van der Waals surface area contributed by atoms with E-state index in [1.54, 1.807) is 24.5 Å². The number of H-pyrrole nitrogens is 1. The average molecular weight is 369 g/mol. The Balaban J connectivity index is 1.25. The first-order valence-corrected chi connectivity index (χ1v) is 8.82. The van der Waals surface area contributed by atoms with Gasteiger partial charge in [-0.3, -0.25) is 9.69 Å². The van der Waals surface area contributed by atoms with E-state index in [1.165, 1.54) is 12.1 Å². The van der Waals surface area contributed by atoms with Gasteiger partial charge < -0.3 is 15.2 Å². The van der Waals surface area contributed by atoms with Crippen molar-refractivity contribution in [1.29, 1.82) is 0 Å². The maximum atomic E-state index is 13.2. The number of aromatic amines is 1. The van der Waals surface area contributed by atoms with Crippen LogP contribution >= 0.6 is 0 Å². The summed E-state index contributed by atoms with van der Waals surface area (Å²) in [5.74, 6) is 0.950. The van der Waals surface area contributed by atoms with E-state index in [4.69, 9.17) is 0 Å². The lowest BCUT2D eigenvalue weighted by molar-refractivity contribution is -0.122. The molecule has 4 rings (SSSR count). The molecule has 1 fully saturated rings. The summed E-state index contributed by atoms with van der Waals surface area (Å²) < 4.78 is 13.2. The summed E-state index contributed by atoms with van der Waals surface area (Å²) in [5, 5.41) is 2.86. The van der Waals surface area contributed by atoms with Crippen molar-refractivity contribution in [3.63, 3.8) is 0 Å². The standard InChI is InChI=1S/C18H20FN7O/c19-13-2-3-14-15(10-13)24-16(23-14)11-22-17(27)12-25-6-8-26(9-7-25)18-20-4-1-5-21-18/h1-5,10H,6-9,11-12H2,(H,22,27)(H,23,24). The van der Waals surface area contributed by atoms with Crippen LogP contribution in [0.4, 0.5) is 10.3 Å². The molecule has 1 aliphatic rings. The second-order valence-corrected chi connectivity index (χ2v) is 6.43. The fourth-order valence-corrected chi connectivity index (χ4v) is 3.12. The summed E-state index contributed by atoms with van der Waals surface area (Å²) in [5.41, 5.74) is 1.30. The number of nitrogens with one attached hydrogen (secondary N) is 2. The number of halogens is 1. The fraction of sp³-hybridized carbons (Fsp3) is 0.333. The van der Waals surface area contributed by atoms with Crippen LogP contribution in [0.3, 0.4) is 0 Å². The van der Waals surface area contributed by atoms with Gasteiger partial charge in [0, 0.05) is 38.6 Å². The van der Waals surface area contributed by atoms with Gasteiger partial charge in [0.05, 0.1) is 24.1 Å². The number of nitrogens with zero attached hydrogens (tertiary/aromatic N) is 5. The van der Waals surface area contributed by atoms with Crippen LogP contribution in [0.1, 0.15) is 5.82 Å². The summed E-state index contributed by atoms with van der Waals surface area (Å²) in [7, 11) is 0. The second-order valence-electron chi connectivity index (χ2n) is 6.43. The third kappa shape index (κ3) is 4.20. The minimum Gasteiger partial charge on any atom is -0.348 e. The van der Waals surface area contributed by atoms with Gasteiger partial charge in [0.25, 0.3) is 0 Å². The van der Waals surface area contributed by atoms with E-state index in [2.05, 4.69) is 35.1 Å². The molecule has 3 heterocycles. The van der Waals surface area contributed by atoms with Gasteiger partial charge in [0.1, 0.15) is 11.6 Å². The maximum absolute atomic E-state index is 13.2. The van der Waals surface area contributed by atoms with Crippen molar-refractivity contribution < 1.29 is 9.18 Å². The first-order chi connectivity index (χ1) is 13.2. The Labute approximate surface area is 155 Å². The molecule has 0 radical (unpaired) electrons. The number of hydrogen-bond donors (Lipinski definition) is 2. The zero-order valence-corrected chi connectivity index (χ0v) is 14.7. The van der Waals surface area contributed by atoms with E-state index < -0.39 is 0 Å². The van der Waals surface area contributed by atoms with Gasteiger partial charge >= 0.3 is 0 Å². The van der Waals surface area contributed by atoms with Crippen LogP contribution < -0.4 is 10.2 Å². The average Bonchev–Trinajstić information content (AvgIpc) is 3.10. The van der Waals surface area contributed by atoms with Crippen molar-refractivity contribution in [2.45, 2.75) is 6.54 Å². The quantitative estimate of drug-likeness (QED) is 0.695. The van der Waals surface area contributed by atoms with Crippen LogP contribution in [0, 0.1) is 5.82 Å².